The van der Waals surface area contributed by atoms with Crippen LogP contribution in [0.25, 0.3) is 0 Å². The van der Waals surface area contributed by atoms with E-state index in [4.69, 9.17) is 4.74 Å². The minimum Gasteiger partial charge on any atom is -0.507 e. The van der Waals surface area contributed by atoms with Crippen molar-refractivity contribution >= 4 is 5.91 Å². The zero-order valence-electron chi connectivity index (χ0n) is 8.99. The predicted octanol–water partition coefficient (Wildman–Crippen LogP) is 0.376. The van der Waals surface area contributed by atoms with Crippen LogP contribution in [-0.4, -0.2) is 33.0 Å². The molecule has 0 aliphatic carbocycles. The van der Waals surface area contributed by atoms with Crippen molar-refractivity contribution in [3.05, 3.63) is 36.4 Å². The lowest BCUT2D eigenvalue weighted by Crippen LogP contribution is -2.22. The zero-order valence-corrected chi connectivity index (χ0v) is 8.99. The van der Waals surface area contributed by atoms with E-state index in [0.29, 0.717) is 0 Å². The van der Waals surface area contributed by atoms with Gasteiger partial charge < -0.3 is 9.84 Å². The number of amides is 1. The van der Waals surface area contributed by atoms with E-state index in [1.807, 2.05) is 0 Å². The van der Waals surface area contributed by atoms with E-state index >= 15 is 0 Å². The van der Waals surface area contributed by atoms with E-state index < -0.39 is 5.91 Å². The van der Waals surface area contributed by atoms with Crippen LogP contribution in [0.2, 0.25) is 0 Å². The monoisotopic (exact) mass is 234 g/mol. The van der Waals surface area contributed by atoms with E-state index in [9.17, 15) is 9.90 Å². The van der Waals surface area contributed by atoms with Crippen molar-refractivity contribution in [2.45, 2.75) is 0 Å². The molecule has 0 saturated carbocycles. The molecule has 2 rings (SSSR count). The molecule has 1 amide bonds. The van der Waals surface area contributed by atoms with Crippen LogP contribution >= 0.6 is 0 Å². The highest BCUT2D eigenvalue weighted by molar-refractivity contribution is 6.04. The molecule has 0 radical (unpaired) electrons. The summed E-state index contributed by atoms with van der Waals surface area (Å²) in [5.74, 6) is -0.384. The molecule has 7 nitrogen and oxygen atoms in total. The molecule has 2 aromatic rings. The van der Waals surface area contributed by atoms with Gasteiger partial charge in [0, 0.05) is 0 Å². The van der Waals surface area contributed by atoms with Crippen molar-refractivity contribution in [3.8, 4) is 11.5 Å². The molecule has 0 spiro atoms. The van der Waals surface area contributed by atoms with Crippen LogP contribution in [0.3, 0.4) is 0 Å². The highest BCUT2D eigenvalue weighted by Gasteiger charge is 2.17. The van der Waals surface area contributed by atoms with Crippen molar-refractivity contribution in [3.63, 3.8) is 0 Å². The number of phenolic OH excluding ortho intramolecular Hbond substituents is 1. The second-order valence-corrected chi connectivity index (χ2v) is 3.16. The van der Waals surface area contributed by atoms with E-state index in [2.05, 4.69) is 15.6 Å². The lowest BCUT2D eigenvalue weighted by Gasteiger charge is -2.10. The SMILES string of the molecule is COc1cccc(O)c1C(=O)Nn1cnnc1. The molecule has 7 heteroatoms. The van der Waals surface area contributed by atoms with Crippen LogP contribution in [0, 0.1) is 0 Å². The number of carbonyl (C=O) groups excluding carboxylic acids is 1. The first kappa shape index (κ1) is 10.9. The summed E-state index contributed by atoms with van der Waals surface area (Å²) < 4.78 is 6.28. The Hall–Kier alpha value is -2.57. The average Bonchev–Trinajstić information content (AvgIpc) is 2.81. The Morgan fingerprint density at radius 1 is 1.41 bits per heavy atom. The molecule has 0 atom stereocenters. The smallest absolute Gasteiger partial charge is 0.277 e. The van der Waals surface area contributed by atoms with Gasteiger partial charge in [0.15, 0.2) is 0 Å². The van der Waals surface area contributed by atoms with Crippen molar-refractivity contribution in [1.29, 1.82) is 0 Å². The molecular weight excluding hydrogens is 224 g/mol. The van der Waals surface area contributed by atoms with Gasteiger partial charge in [0.1, 0.15) is 29.7 Å². The minimum atomic E-state index is -0.514. The maximum absolute atomic E-state index is 11.9. The molecular formula is C10H10N4O3. The number of methoxy groups -OCH3 is 1. The molecule has 2 N–H and O–H groups in total. The van der Waals surface area contributed by atoms with Crippen molar-refractivity contribution in [2.24, 2.45) is 0 Å². The molecule has 0 unspecified atom stereocenters. The Balaban J connectivity index is 2.30. The Bertz CT molecular complexity index is 524. The Morgan fingerprint density at radius 2 is 2.12 bits per heavy atom. The van der Waals surface area contributed by atoms with Crippen molar-refractivity contribution in [2.75, 3.05) is 12.5 Å². The third-order valence-electron chi connectivity index (χ3n) is 2.10. The summed E-state index contributed by atoms with van der Waals surface area (Å²) in [4.78, 5) is 11.9. The molecule has 1 aromatic carbocycles. The number of benzene rings is 1. The van der Waals surface area contributed by atoms with Gasteiger partial charge in [-0.3, -0.25) is 10.2 Å². The summed E-state index contributed by atoms with van der Waals surface area (Å²) in [6.07, 6.45) is 2.65. The Kier molecular flexibility index (Phi) is 2.91. The summed E-state index contributed by atoms with van der Waals surface area (Å²) >= 11 is 0. The van der Waals surface area contributed by atoms with Gasteiger partial charge in [-0.2, -0.15) is 0 Å². The standard InChI is InChI=1S/C10H10N4O3/c1-17-8-4-2-3-7(15)9(8)10(16)13-14-5-11-12-6-14/h2-6,15H,1H3,(H,13,16). The number of hydrogen-bond donors (Lipinski definition) is 2. The van der Waals surface area contributed by atoms with E-state index in [1.54, 1.807) is 12.1 Å². The van der Waals surface area contributed by atoms with Crippen LogP contribution in [0.5, 0.6) is 11.5 Å². The lowest BCUT2D eigenvalue weighted by atomic mass is 10.1. The largest absolute Gasteiger partial charge is 0.507 e. The molecule has 0 bridgehead atoms. The number of hydrogen-bond acceptors (Lipinski definition) is 5. The summed E-state index contributed by atoms with van der Waals surface area (Å²) in [5, 5.41) is 16.7. The predicted molar refractivity (Wildman–Crippen MR) is 58.4 cm³/mol. The third kappa shape index (κ3) is 2.17. The van der Waals surface area contributed by atoms with Crippen LogP contribution in [0.4, 0.5) is 0 Å². The first-order valence-electron chi connectivity index (χ1n) is 4.74. The molecule has 0 aliphatic heterocycles. The van der Waals surface area contributed by atoms with Gasteiger partial charge >= 0.3 is 0 Å². The second kappa shape index (κ2) is 4.52. The minimum absolute atomic E-state index is 0.0590. The maximum Gasteiger partial charge on any atom is 0.277 e. The van der Waals surface area contributed by atoms with Gasteiger partial charge in [0.05, 0.1) is 7.11 Å². The molecule has 0 fully saturated rings. The average molecular weight is 234 g/mol. The first-order valence-corrected chi connectivity index (χ1v) is 4.74. The summed E-state index contributed by atoms with van der Waals surface area (Å²) in [6.45, 7) is 0. The summed E-state index contributed by atoms with van der Waals surface area (Å²) in [5.41, 5.74) is 2.53. The van der Waals surface area contributed by atoms with Gasteiger partial charge in [-0.1, -0.05) is 6.07 Å². The highest BCUT2D eigenvalue weighted by Crippen LogP contribution is 2.27. The van der Waals surface area contributed by atoms with E-state index in [1.165, 1.54) is 30.5 Å². The maximum atomic E-state index is 11.9. The van der Waals surface area contributed by atoms with Gasteiger partial charge in [-0.05, 0) is 12.1 Å². The second-order valence-electron chi connectivity index (χ2n) is 3.16. The molecule has 1 aromatic heterocycles. The fourth-order valence-electron chi connectivity index (χ4n) is 1.35. The Labute approximate surface area is 96.6 Å². The fourth-order valence-corrected chi connectivity index (χ4v) is 1.35. The zero-order chi connectivity index (χ0) is 12.3. The van der Waals surface area contributed by atoms with Gasteiger partial charge in [0.2, 0.25) is 0 Å². The highest BCUT2D eigenvalue weighted by atomic mass is 16.5. The number of aromatic nitrogens is 3. The van der Waals surface area contributed by atoms with Crippen molar-refractivity contribution < 1.29 is 14.6 Å². The van der Waals surface area contributed by atoms with Gasteiger partial charge in [-0.15, -0.1) is 10.2 Å². The fraction of sp³-hybridized carbons (Fsp3) is 0.100. The normalized spacial score (nSPS) is 9.94. The van der Waals surface area contributed by atoms with Crippen molar-refractivity contribution in [1.82, 2.24) is 14.9 Å². The third-order valence-corrected chi connectivity index (χ3v) is 2.10. The number of ether oxygens (including phenoxy) is 1. The number of rotatable bonds is 3. The number of nitrogens with zero attached hydrogens (tertiary/aromatic N) is 3. The van der Waals surface area contributed by atoms with Crippen LogP contribution < -0.4 is 10.2 Å². The first-order chi connectivity index (χ1) is 8.22. The molecule has 17 heavy (non-hydrogen) atoms. The number of aromatic hydroxyl groups is 1. The van der Waals surface area contributed by atoms with Gasteiger partial charge in [0.25, 0.3) is 5.91 Å². The van der Waals surface area contributed by atoms with Crippen LogP contribution in [0.15, 0.2) is 30.9 Å². The number of phenols is 1. The Morgan fingerprint density at radius 3 is 2.76 bits per heavy atom. The molecule has 1 heterocycles. The lowest BCUT2D eigenvalue weighted by molar-refractivity contribution is 0.100. The molecule has 88 valence electrons. The number of carbonyl (C=O) groups is 1. The summed E-state index contributed by atoms with van der Waals surface area (Å²) in [7, 11) is 1.42. The molecule has 0 saturated heterocycles. The van der Waals surface area contributed by atoms with Gasteiger partial charge in [-0.25, -0.2) is 4.68 Å². The quantitative estimate of drug-likeness (QED) is 0.801. The van der Waals surface area contributed by atoms with Crippen LogP contribution in [-0.2, 0) is 0 Å². The summed E-state index contributed by atoms with van der Waals surface area (Å²) in [6, 6.07) is 4.58. The topological polar surface area (TPSA) is 89.3 Å². The van der Waals surface area contributed by atoms with Crippen LogP contribution in [0.1, 0.15) is 10.4 Å². The molecule has 0 aliphatic rings. The van der Waals surface area contributed by atoms with E-state index in [0.717, 1.165) is 0 Å². The van der Waals surface area contributed by atoms with E-state index in [-0.39, 0.29) is 17.1 Å². The number of nitrogens with one attached hydrogen (secondary N) is 1.